The molecule has 1 aromatic rings. The van der Waals surface area contributed by atoms with Crippen molar-refractivity contribution >= 4 is 23.5 Å². The topological polar surface area (TPSA) is 125 Å². The molecular formula is C16H20N2O7. The average molecular weight is 352 g/mol. The molecule has 1 aromatic carbocycles. The minimum absolute atomic E-state index is 0.102. The zero-order valence-corrected chi connectivity index (χ0v) is 14.4. The van der Waals surface area contributed by atoms with E-state index in [1.165, 1.54) is 0 Å². The van der Waals surface area contributed by atoms with Crippen LogP contribution in [0.5, 0.6) is 0 Å². The van der Waals surface area contributed by atoms with Gasteiger partial charge in [-0.3, -0.25) is 14.9 Å². The molecule has 0 spiro atoms. The SMILES string of the molecule is COC(=O)c1cc(C(=O)OCC(=O)N[C@@H](C)C(C)C)cc([N+](=O)[O-])c1. The van der Waals surface area contributed by atoms with E-state index in [-0.39, 0.29) is 23.1 Å². The molecule has 0 aromatic heterocycles. The smallest absolute Gasteiger partial charge is 0.338 e. The molecular weight excluding hydrogens is 332 g/mol. The first-order chi connectivity index (χ1) is 11.6. The van der Waals surface area contributed by atoms with Crippen LogP contribution < -0.4 is 5.32 Å². The van der Waals surface area contributed by atoms with E-state index in [1.54, 1.807) is 0 Å². The number of hydrogen-bond acceptors (Lipinski definition) is 7. The Balaban J connectivity index is 2.87. The fourth-order valence-electron chi connectivity index (χ4n) is 1.75. The number of nitro benzene ring substituents is 1. The molecule has 9 nitrogen and oxygen atoms in total. The van der Waals surface area contributed by atoms with E-state index < -0.39 is 35.1 Å². The van der Waals surface area contributed by atoms with Gasteiger partial charge in [-0.05, 0) is 18.9 Å². The predicted octanol–water partition coefficient (Wildman–Crippen LogP) is 1.70. The molecule has 0 unspecified atom stereocenters. The first-order valence-electron chi connectivity index (χ1n) is 7.50. The maximum absolute atomic E-state index is 12.0. The molecule has 0 heterocycles. The Morgan fingerprint density at radius 3 is 2.16 bits per heavy atom. The Hall–Kier alpha value is -2.97. The number of benzene rings is 1. The number of non-ortho nitro benzene ring substituents is 1. The molecule has 0 fully saturated rings. The van der Waals surface area contributed by atoms with Gasteiger partial charge in [-0.25, -0.2) is 9.59 Å². The molecule has 9 heteroatoms. The molecule has 25 heavy (non-hydrogen) atoms. The maximum Gasteiger partial charge on any atom is 0.338 e. The Morgan fingerprint density at radius 1 is 1.12 bits per heavy atom. The monoisotopic (exact) mass is 352 g/mol. The van der Waals surface area contributed by atoms with E-state index in [0.29, 0.717) is 0 Å². The summed E-state index contributed by atoms with van der Waals surface area (Å²) in [5, 5.41) is 13.6. The molecule has 0 saturated carbocycles. The van der Waals surface area contributed by atoms with Crippen LogP contribution in [0.4, 0.5) is 5.69 Å². The van der Waals surface area contributed by atoms with Crippen LogP contribution in [-0.2, 0) is 14.3 Å². The lowest BCUT2D eigenvalue weighted by Gasteiger charge is -2.17. The summed E-state index contributed by atoms with van der Waals surface area (Å²) in [5.74, 6) is -2.07. The van der Waals surface area contributed by atoms with Gasteiger partial charge in [-0.2, -0.15) is 0 Å². The lowest BCUT2D eigenvalue weighted by Crippen LogP contribution is -2.38. The zero-order valence-electron chi connectivity index (χ0n) is 14.4. The molecule has 1 atom stereocenters. The number of rotatable bonds is 7. The minimum atomic E-state index is -0.957. The summed E-state index contributed by atoms with van der Waals surface area (Å²) in [6.07, 6.45) is 0. The van der Waals surface area contributed by atoms with Crippen molar-refractivity contribution in [3.8, 4) is 0 Å². The Morgan fingerprint density at radius 2 is 1.68 bits per heavy atom. The third kappa shape index (κ3) is 5.87. The number of hydrogen-bond donors (Lipinski definition) is 1. The number of ether oxygens (including phenoxy) is 2. The van der Waals surface area contributed by atoms with Gasteiger partial charge in [-0.1, -0.05) is 13.8 Å². The van der Waals surface area contributed by atoms with Crippen molar-refractivity contribution in [2.24, 2.45) is 5.92 Å². The highest BCUT2D eigenvalue weighted by Gasteiger charge is 2.20. The maximum atomic E-state index is 12.0. The molecule has 0 aliphatic heterocycles. The number of carbonyl (C=O) groups excluding carboxylic acids is 3. The molecule has 1 amide bonds. The first-order valence-corrected chi connectivity index (χ1v) is 7.50. The van der Waals surface area contributed by atoms with Gasteiger partial charge >= 0.3 is 11.9 Å². The summed E-state index contributed by atoms with van der Waals surface area (Å²) < 4.78 is 9.34. The van der Waals surface area contributed by atoms with Crippen LogP contribution in [0.2, 0.25) is 0 Å². The predicted molar refractivity (Wildman–Crippen MR) is 87.2 cm³/mol. The van der Waals surface area contributed by atoms with E-state index >= 15 is 0 Å². The van der Waals surface area contributed by atoms with Gasteiger partial charge in [0.2, 0.25) is 0 Å². The Labute approximate surface area is 144 Å². The van der Waals surface area contributed by atoms with Crippen molar-refractivity contribution in [1.29, 1.82) is 0 Å². The van der Waals surface area contributed by atoms with Crippen molar-refractivity contribution in [3.63, 3.8) is 0 Å². The second-order valence-electron chi connectivity index (χ2n) is 5.69. The molecule has 0 saturated heterocycles. The average Bonchev–Trinajstić information content (AvgIpc) is 2.58. The molecule has 0 radical (unpaired) electrons. The van der Waals surface area contributed by atoms with Crippen molar-refractivity contribution in [3.05, 3.63) is 39.4 Å². The van der Waals surface area contributed by atoms with Gasteiger partial charge in [0.1, 0.15) is 0 Å². The quantitative estimate of drug-likeness (QED) is 0.450. The fraction of sp³-hybridized carbons (Fsp3) is 0.438. The van der Waals surface area contributed by atoms with E-state index in [1.807, 2.05) is 20.8 Å². The summed E-state index contributed by atoms with van der Waals surface area (Å²) >= 11 is 0. The largest absolute Gasteiger partial charge is 0.465 e. The second kappa shape index (κ2) is 8.76. The number of nitro groups is 1. The van der Waals surface area contributed by atoms with E-state index in [4.69, 9.17) is 4.74 Å². The van der Waals surface area contributed by atoms with E-state index in [0.717, 1.165) is 25.3 Å². The van der Waals surface area contributed by atoms with Crippen LogP contribution in [-0.4, -0.2) is 42.5 Å². The second-order valence-corrected chi connectivity index (χ2v) is 5.69. The summed E-state index contributed by atoms with van der Waals surface area (Å²) in [5.41, 5.74) is -0.853. The van der Waals surface area contributed by atoms with Crippen molar-refractivity contribution in [1.82, 2.24) is 5.32 Å². The van der Waals surface area contributed by atoms with Gasteiger partial charge in [0.25, 0.3) is 11.6 Å². The lowest BCUT2D eigenvalue weighted by molar-refractivity contribution is -0.384. The van der Waals surface area contributed by atoms with Crippen LogP contribution in [0.15, 0.2) is 18.2 Å². The fourth-order valence-corrected chi connectivity index (χ4v) is 1.75. The highest BCUT2D eigenvalue weighted by molar-refractivity contribution is 5.97. The van der Waals surface area contributed by atoms with Crippen LogP contribution in [0, 0.1) is 16.0 Å². The van der Waals surface area contributed by atoms with Crippen LogP contribution in [0.3, 0.4) is 0 Å². The zero-order chi connectivity index (χ0) is 19.1. The molecule has 136 valence electrons. The molecule has 0 aliphatic rings. The number of amides is 1. The number of nitrogens with one attached hydrogen (secondary N) is 1. The third-order valence-electron chi connectivity index (χ3n) is 3.51. The molecule has 0 aliphatic carbocycles. The van der Waals surface area contributed by atoms with Crippen LogP contribution in [0.1, 0.15) is 41.5 Å². The standard InChI is InChI=1S/C16H20N2O7/c1-9(2)10(3)17-14(19)8-25-16(21)12-5-11(15(20)24-4)6-13(7-12)18(22)23/h5-7,9-10H,8H2,1-4H3,(H,17,19)/t10-/m0/s1. The van der Waals surface area contributed by atoms with E-state index in [9.17, 15) is 24.5 Å². The Bertz CT molecular complexity index is 685. The number of methoxy groups -OCH3 is 1. The van der Waals surface area contributed by atoms with Gasteiger partial charge in [0, 0.05) is 18.2 Å². The van der Waals surface area contributed by atoms with Gasteiger partial charge in [-0.15, -0.1) is 0 Å². The summed E-state index contributed by atoms with van der Waals surface area (Å²) in [4.78, 5) is 45.5. The molecule has 0 bridgehead atoms. The molecule has 1 rings (SSSR count). The highest BCUT2D eigenvalue weighted by atomic mass is 16.6. The third-order valence-corrected chi connectivity index (χ3v) is 3.51. The number of carbonyl (C=O) groups is 3. The molecule has 1 N–H and O–H groups in total. The number of nitrogens with zero attached hydrogens (tertiary/aromatic N) is 1. The van der Waals surface area contributed by atoms with Crippen LogP contribution in [0.25, 0.3) is 0 Å². The lowest BCUT2D eigenvalue weighted by atomic mass is 10.1. The summed E-state index contributed by atoms with van der Waals surface area (Å²) in [6, 6.07) is 2.95. The van der Waals surface area contributed by atoms with Gasteiger partial charge in [0.05, 0.1) is 23.2 Å². The first kappa shape index (κ1) is 20.1. The summed E-state index contributed by atoms with van der Waals surface area (Å²) in [7, 11) is 1.11. The van der Waals surface area contributed by atoms with Crippen molar-refractivity contribution in [2.45, 2.75) is 26.8 Å². The Kier molecular flexibility index (Phi) is 7.04. The normalized spacial score (nSPS) is 11.6. The summed E-state index contributed by atoms with van der Waals surface area (Å²) in [6.45, 7) is 5.13. The van der Waals surface area contributed by atoms with Crippen molar-refractivity contribution < 1.29 is 28.8 Å². The number of esters is 2. The van der Waals surface area contributed by atoms with Gasteiger partial charge in [0.15, 0.2) is 6.61 Å². The van der Waals surface area contributed by atoms with Crippen LogP contribution >= 0.6 is 0 Å². The van der Waals surface area contributed by atoms with Crippen molar-refractivity contribution in [2.75, 3.05) is 13.7 Å². The van der Waals surface area contributed by atoms with E-state index in [2.05, 4.69) is 10.1 Å². The van der Waals surface area contributed by atoms with Gasteiger partial charge < -0.3 is 14.8 Å². The minimum Gasteiger partial charge on any atom is -0.465 e. The highest BCUT2D eigenvalue weighted by Crippen LogP contribution is 2.19.